The molecule has 1 rings (SSSR count). The SMILES string of the molecule is C=CCc1ccc(C(=O)OC)cc1C(=O)OC. The summed E-state index contributed by atoms with van der Waals surface area (Å²) < 4.78 is 9.26. The van der Waals surface area contributed by atoms with Gasteiger partial charge in [-0.3, -0.25) is 0 Å². The summed E-state index contributed by atoms with van der Waals surface area (Å²) >= 11 is 0. The van der Waals surface area contributed by atoms with Gasteiger partial charge in [-0.05, 0) is 24.1 Å². The van der Waals surface area contributed by atoms with Crippen LogP contribution in [0.25, 0.3) is 0 Å². The zero-order valence-electron chi connectivity index (χ0n) is 9.86. The smallest absolute Gasteiger partial charge is 0.338 e. The van der Waals surface area contributed by atoms with Gasteiger partial charge in [0.1, 0.15) is 0 Å². The second kappa shape index (κ2) is 5.84. The van der Waals surface area contributed by atoms with E-state index in [0.717, 1.165) is 5.56 Å². The lowest BCUT2D eigenvalue weighted by atomic mass is 10.0. The zero-order valence-corrected chi connectivity index (χ0v) is 9.86. The molecular weight excluding hydrogens is 220 g/mol. The van der Waals surface area contributed by atoms with Crippen LogP contribution in [-0.2, 0) is 15.9 Å². The lowest BCUT2D eigenvalue weighted by molar-refractivity contribution is 0.0598. The van der Waals surface area contributed by atoms with Crippen molar-refractivity contribution in [3.63, 3.8) is 0 Å². The average Bonchev–Trinajstić information content (AvgIpc) is 2.37. The molecule has 4 heteroatoms. The molecule has 0 saturated carbocycles. The number of hydrogen-bond donors (Lipinski definition) is 0. The summed E-state index contributed by atoms with van der Waals surface area (Å²) in [6.45, 7) is 3.61. The zero-order chi connectivity index (χ0) is 12.8. The minimum Gasteiger partial charge on any atom is -0.465 e. The van der Waals surface area contributed by atoms with Crippen molar-refractivity contribution in [1.82, 2.24) is 0 Å². The van der Waals surface area contributed by atoms with Crippen LogP contribution < -0.4 is 0 Å². The molecule has 0 radical (unpaired) electrons. The van der Waals surface area contributed by atoms with Crippen LogP contribution in [0, 0.1) is 0 Å². The Morgan fingerprint density at radius 2 is 1.88 bits per heavy atom. The Balaban J connectivity index is 3.23. The maximum Gasteiger partial charge on any atom is 0.338 e. The Hall–Kier alpha value is -2.10. The molecule has 0 saturated heterocycles. The molecule has 0 fully saturated rings. The van der Waals surface area contributed by atoms with Crippen molar-refractivity contribution in [2.75, 3.05) is 14.2 Å². The second-order valence-electron chi connectivity index (χ2n) is 3.35. The molecule has 17 heavy (non-hydrogen) atoms. The quantitative estimate of drug-likeness (QED) is 0.590. The number of ether oxygens (including phenoxy) is 2. The monoisotopic (exact) mass is 234 g/mol. The van der Waals surface area contributed by atoms with E-state index in [4.69, 9.17) is 0 Å². The maximum atomic E-state index is 11.6. The highest BCUT2D eigenvalue weighted by Gasteiger charge is 2.15. The van der Waals surface area contributed by atoms with Crippen LogP contribution in [0.4, 0.5) is 0 Å². The van der Waals surface area contributed by atoms with Crippen molar-refractivity contribution in [3.05, 3.63) is 47.5 Å². The third-order valence-electron chi connectivity index (χ3n) is 2.30. The van der Waals surface area contributed by atoms with Crippen LogP contribution in [0.2, 0.25) is 0 Å². The molecule has 0 aliphatic carbocycles. The molecule has 0 N–H and O–H groups in total. The summed E-state index contributed by atoms with van der Waals surface area (Å²) in [6.07, 6.45) is 2.21. The topological polar surface area (TPSA) is 52.6 Å². The van der Waals surface area contributed by atoms with E-state index < -0.39 is 11.9 Å². The first kappa shape index (κ1) is 13.0. The summed E-state index contributed by atoms with van der Waals surface area (Å²) in [5.74, 6) is -0.965. The first-order valence-electron chi connectivity index (χ1n) is 5.04. The maximum absolute atomic E-state index is 11.6. The van der Waals surface area contributed by atoms with Crippen molar-refractivity contribution >= 4 is 11.9 Å². The molecule has 0 atom stereocenters. The van der Waals surface area contributed by atoms with Gasteiger partial charge in [-0.25, -0.2) is 9.59 Å². The standard InChI is InChI=1S/C13H14O4/c1-4-5-9-6-7-10(12(14)16-2)8-11(9)13(15)17-3/h4,6-8H,1,5H2,2-3H3. The van der Waals surface area contributed by atoms with Crippen LogP contribution >= 0.6 is 0 Å². The molecule has 0 heterocycles. The van der Waals surface area contributed by atoms with E-state index in [1.807, 2.05) is 0 Å². The number of methoxy groups -OCH3 is 2. The Labute approximate surface area is 99.8 Å². The van der Waals surface area contributed by atoms with E-state index in [1.165, 1.54) is 20.3 Å². The van der Waals surface area contributed by atoms with Crippen LogP contribution in [0.15, 0.2) is 30.9 Å². The number of allylic oxidation sites excluding steroid dienone is 1. The molecule has 4 nitrogen and oxygen atoms in total. The molecule has 0 amide bonds. The Bertz CT molecular complexity index is 449. The summed E-state index contributed by atoms with van der Waals surface area (Å²) in [4.78, 5) is 22.9. The van der Waals surface area contributed by atoms with Gasteiger partial charge in [-0.2, -0.15) is 0 Å². The highest BCUT2D eigenvalue weighted by atomic mass is 16.5. The second-order valence-corrected chi connectivity index (χ2v) is 3.35. The number of rotatable bonds is 4. The molecule has 0 unspecified atom stereocenters. The Morgan fingerprint density at radius 3 is 2.41 bits per heavy atom. The van der Waals surface area contributed by atoms with Crippen molar-refractivity contribution in [1.29, 1.82) is 0 Å². The fourth-order valence-corrected chi connectivity index (χ4v) is 1.45. The molecule has 0 spiro atoms. The van der Waals surface area contributed by atoms with E-state index in [1.54, 1.807) is 18.2 Å². The van der Waals surface area contributed by atoms with Crippen molar-refractivity contribution in [3.8, 4) is 0 Å². The molecule has 90 valence electrons. The molecular formula is C13H14O4. The van der Waals surface area contributed by atoms with Gasteiger partial charge in [0.15, 0.2) is 0 Å². The van der Waals surface area contributed by atoms with Crippen LogP contribution in [0.1, 0.15) is 26.3 Å². The number of esters is 2. The first-order chi connectivity index (χ1) is 8.13. The molecule has 1 aromatic rings. The lowest BCUT2D eigenvalue weighted by Gasteiger charge is -2.08. The normalized spacial score (nSPS) is 9.53. The minimum absolute atomic E-state index is 0.320. The highest BCUT2D eigenvalue weighted by molar-refractivity contribution is 5.96. The highest BCUT2D eigenvalue weighted by Crippen LogP contribution is 2.15. The predicted molar refractivity (Wildman–Crippen MR) is 63.0 cm³/mol. The van der Waals surface area contributed by atoms with Gasteiger partial charge in [0.05, 0.1) is 25.3 Å². The van der Waals surface area contributed by atoms with E-state index in [0.29, 0.717) is 17.5 Å². The number of benzene rings is 1. The third-order valence-corrected chi connectivity index (χ3v) is 2.30. The van der Waals surface area contributed by atoms with Crippen LogP contribution in [0.5, 0.6) is 0 Å². The van der Waals surface area contributed by atoms with Crippen LogP contribution in [-0.4, -0.2) is 26.2 Å². The predicted octanol–water partition coefficient (Wildman–Crippen LogP) is 1.99. The van der Waals surface area contributed by atoms with Gasteiger partial charge in [0.2, 0.25) is 0 Å². The fraction of sp³-hybridized carbons (Fsp3) is 0.231. The number of carbonyl (C=O) groups excluding carboxylic acids is 2. The first-order valence-corrected chi connectivity index (χ1v) is 5.04. The summed E-state index contributed by atoms with van der Waals surface area (Å²) in [6, 6.07) is 4.77. The largest absolute Gasteiger partial charge is 0.465 e. The summed E-state index contributed by atoms with van der Waals surface area (Å²) in [5.41, 5.74) is 1.44. The Kier molecular flexibility index (Phi) is 4.46. The van der Waals surface area contributed by atoms with Crippen molar-refractivity contribution in [2.45, 2.75) is 6.42 Å². The van der Waals surface area contributed by atoms with Gasteiger partial charge in [0, 0.05) is 0 Å². The third kappa shape index (κ3) is 2.93. The summed E-state index contributed by atoms with van der Waals surface area (Å²) in [7, 11) is 2.59. The molecule has 0 bridgehead atoms. The molecule has 1 aromatic carbocycles. The average molecular weight is 234 g/mol. The van der Waals surface area contributed by atoms with E-state index in [-0.39, 0.29) is 0 Å². The van der Waals surface area contributed by atoms with E-state index in [2.05, 4.69) is 16.1 Å². The van der Waals surface area contributed by atoms with Crippen LogP contribution in [0.3, 0.4) is 0 Å². The van der Waals surface area contributed by atoms with Gasteiger partial charge in [-0.15, -0.1) is 6.58 Å². The van der Waals surface area contributed by atoms with Crippen molar-refractivity contribution < 1.29 is 19.1 Å². The van der Waals surface area contributed by atoms with Gasteiger partial charge in [-0.1, -0.05) is 12.1 Å². The lowest BCUT2D eigenvalue weighted by Crippen LogP contribution is -2.09. The number of hydrogen-bond acceptors (Lipinski definition) is 4. The van der Waals surface area contributed by atoms with E-state index >= 15 is 0 Å². The minimum atomic E-state index is -0.486. The van der Waals surface area contributed by atoms with Gasteiger partial charge >= 0.3 is 11.9 Å². The molecule has 0 aliphatic rings. The van der Waals surface area contributed by atoms with Gasteiger partial charge in [0.25, 0.3) is 0 Å². The Morgan fingerprint density at radius 1 is 1.24 bits per heavy atom. The van der Waals surface area contributed by atoms with E-state index in [9.17, 15) is 9.59 Å². The number of carbonyl (C=O) groups is 2. The van der Waals surface area contributed by atoms with Gasteiger partial charge < -0.3 is 9.47 Å². The fourth-order valence-electron chi connectivity index (χ4n) is 1.45. The van der Waals surface area contributed by atoms with Crippen molar-refractivity contribution in [2.24, 2.45) is 0 Å². The summed E-state index contributed by atoms with van der Waals surface area (Å²) in [5, 5.41) is 0. The molecule has 0 aliphatic heterocycles. The molecule has 0 aromatic heterocycles.